The Morgan fingerprint density at radius 3 is 2.25 bits per heavy atom. The average Bonchev–Trinajstić information content (AvgIpc) is 3.38. The van der Waals surface area contributed by atoms with E-state index in [1.54, 1.807) is 43.5 Å². The first kappa shape index (κ1) is 34.2. The molecule has 0 radical (unpaired) electrons. The van der Waals surface area contributed by atoms with Crippen LogP contribution in [0, 0.1) is 5.92 Å². The highest BCUT2D eigenvalue weighted by Gasteiger charge is 2.23. The summed E-state index contributed by atoms with van der Waals surface area (Å²) in [5, 5.41) is 9.68. The van der Waals surface area contributed by atoms with Crippen LogP contribution in [0.4, 0.5) is 5.82 Å². The quantitative estimate of drug-likeness (QED) is 0.200. The molecular weight excluding hydrogens is 566 g/mol. The van der Waals surface area contributed by atoms with Crippen molar-refractivity contribution in [1.29, 1.82) is 0 Å². The Morgan fingerprint density at radius 1 is 0.932 bits per heavy atom. The van der Waals surface area contributed by atoms with Crippen molar-refractivity contribution in [2.45, 2.75) is 72.5 Å². The lowest BCUT2D eigenvalue weighted by molar-refractivity contribution is -0.125. The summed E-state index contributed by atoms with van der Waals surface area (Å²) in [6.45, 7) is 12.3. The van der Waals surface area contributed by atoms with Crippen molar-refractivity contribution in [3.05, 3.63) is 42.0 Å². The first-order valence-corrected chi connectivity index (χ1v) is 14.9. The van der Waals surface area contributed by atoms with E-state index in [0.29, 0.717) is 47.0 Å². The second-order valence-electron chi connectivity index (χ2n) is 11.4. The molecule has 12 nitrogen and oxygen atoms in total. The number of ether oxygens (including phenoxy) is 3. The molecule has 1 unspecified atom stereocenters. The van der Waals surface area contributed by atoms with Gasteiger partial charge < -0.3 is 40.0 Å². The van der Waals surface area contributed by atoms with Crippen molar-refractivity contribution in [2.75, 3.05) is 32.2 Å². The minimum atomic E-state index is -0.688. The molecule has 4 N–H and O–H groups in total. The predicted octanol–water partition coefficient (Wildman–Crippen LogP) is 4.37. The first-order valence-electron chi connectivity index (χ1n) is 14.9. The van der Waals surface area contributed by atoms with Crippen LogP contribution in [0.5, 0.6) is 17.2 Å². The number of nitrogens with zero attached hydrogens (tertiary/aromatic N) is 2. The van der Waals surface area contributed by atoms with Gasteiger partial charge in [-0.05, 0) is 76.8 Å². The summed E-state index contributed by atoms with van der Waals surface area (Å²) in [5.74, 6) is 1.01. The molecule has 0 saturated carbocycles. The number of fused-ring (bicyclic) bond motifs is 1. The van der Waals surface area contributed by atoms with E-state index in [9.17, 15) is 14.4 Å². The third-order valence-corrected chi connectivity index (χ3v) is 6.97. The van der Waals surface area contributed by atoms with Crippen molar-refractivity contribution in [3.63, 3.8) is 0 Å². The maximum Gasteiger partial charge on any atom is 0.254 e. The van der Waals surface area contributed by atoms with Crippen LogP contribution in [-0.2, 0) is 9.59 Å². The number of anilines is 1. The lowest BCUT2D eigenvalue weighted by atomic mass is 10.1. The Hall–Kier alpha value is -4.32. The second kappa shape index (κ2) is 15.9. The topological polar surface area (TPSA) is 158 Å². The summed E-state index contributed by atoms with van der Waals surface area (Å²) in [4.78, 5) is 39.1. The van der Waals surface area contributed by atoms with E-state index < -0.39 is 17.9 Å². The molecule has 0 aliphatic rings. The Kier molecular flexibility index (Phi) is 12.4. The minimum Gasteiger partial charge on any atom is -0.493 e. The van der Waals surface area contributed by atoms with Crippen LogP contribution in [0.1, 0.15) is 64.7 Å². The molecule has 0 spiro atoms. The minimum absolute atomic E-state index is 0.0420. The molecule has 0 fully saturated rings. The van der Waals surface area contributed by atoms with Gasteiger partial charge in [0.25, 0.3) is 5.91 Å². The summed E-state index contributed by atoms with van der Waals surface area (Å²) >= 11 is 0. The number of hydrogen-bond acceptors (Lipinski definition) is 9. The van der Waals surface area contributed by atoms with Gasteiger partial charge in [0.2, 0.25) is 11.8 Å². The number of nitrogens with one attached hydrogen (secondary N) is 2. The number of methoxy groups -OCH3 is 1. The van der Waals surface area contributed by atoms with Gasteiger partial charge in [0.05, 0.1) is 38.3 Å². The van der Waals surface area contributed by atoms with Gasteiger partial charge in [-0.15, -0.1) is 0 Å². The molecule has 240 valence electrons. The van der Waals surface area contributed by atoms with Crippen LogP contribution in [0.25, 0.3) is 11.0 Å². The number of carbonyl (C=O) groups is 3. The van der Waals surface area contributed by atoms with Gasteiger partial charge in [-0.25, -0.2) is 0 Å². The van der Waals surface area contributed by atoms with Crippen LogP contribution >= 0.6 is 0 Å². The SMILES string of the molecule is COc1cc(C(=O)N(C(C)C)C(C)C)ccc1OCCCCOc1ccc2c(NC(=O)CNC(=O)C(N)C(C)C)noc2c1. The molecule has 0 aliphatic carbocycles. The maximum atomic E-state index is 13.0. The smallest absolute Gasteiger partial charge is 0.254 e. The van der Waals surface area contributed by atoms with Gasteiger partial charge in [-0.2, -0.15) is 0 Å². The highest BCUT2D eigenvalue weighted by atomic mass is 16.5. The lowest BCUT2D eigenvalue weighted by Crippen LogP contribution is -2.46. The summed E-state index contributed by atoms with van der Waals surface area (Å²) in [5.41, 5.74) is 6.80. The molecule has 0 saturated heterocycles. The third kappa shape index (κ3) is 9.09. The van der Waals surface area contributed by atoms with E-state index in [1.807, 2.05) is 46.4 Å². The van der Waals surface area contributed by atoms with Crippen molar-refractivity contribution in [1.82, 2.24) is 15.4 Å². The van der Waals surface area contributed by atoms with E-state index in [2.05, 4.69) is 15.8 Å². The number of nitrogens with two attached hydrogens (primary N) is 1. The van der Waals surface area contributed by atoms with Crippen molar-refractivity contribution >= 4 is 34.5 Å². The van der Waals surface area contributed by atoms with E-state index in [0.717, 1.165) is 12.8 Å². The first-order chi connectivity index (χ1) is 20.9. The average molecular weight is 612 g/mol. The van der Waals surface area contributed by atoms with E-state index in [-0.39, 0.29) is 36.3 Å². The summed E-state index contributed by atoms with van der Waals surface area (Å²) in [6, 6.07) is 9.93. The summed E-state index contributed by atoms with van der Waals surface area (Å²) < 4.78 is 22.6. The Bertz CT molecular complexity index is 1410. The molecule has 44 heavy (non-hydrogen) atoms. The van der Waals surface area contributed by atoms with E-state index >= 15 is 0 Å². The molecule has 1 aromatic heterocycles. The number of rotatable bonds is 16. The zero-order chi connectivity index (χ0) is 32.4. The molecule has 0 bridgehead atoms. The molecule has 2 aromatic carbocycles. The highest BCUT2D eigenvalue weighted by Crippen LogP contribution is 2.30. The number of carbonyl (C=O) groups excluding carboxylic acids is 3. The van der Waals surface area contributed by atoms with Crippen molar-refractivity contribution in [2.24, 2.45) is 11.7 Å². The number of hydrogen-bond donors (Lipinski definition) is 3. The fourth-order valence-corrected chi connectivity index (χ4v) is 4.57. The molecule has 0 aliphatic heterocycles. The second-order valence-corrected chi connectivity index (χ2v) is 11.4. The van der Waals surface area contributed by atoms with Gasteiger partial charge >= 0.3 is 0 Å². The highest BCUT2D eigenvalue weighted by molar-refractivity contribution is 6.01. The van der Waals surface area contributed by atoms with Crippen molar-refractivity contribution < 1.29 is 33.1 Å². The Balaban J connectivity index is 1.44. The van der Waals surface area contributed by atoms with Gasteiger partial charge in [0.1, 0.15) is 5.75 Å². The monoisotopic (exact) mass is 611 g/mol. The lowest BCUT2D eigenvalue weighted by Gasteiger charge is -2.31. The fourth-order valence-electron chi connectivity index (χ4n) is 4.57. The van der Waals surface area contributed by atoms with Gasteiger partial charge in [-0.1, -0.05) is 19.0 Å². The summed E-state index contributed by atoms with van der Waals surface area (Å²) in [7, 11) is 1.56. The molecule has 3 aromatic rings. The van der Waals surface area contributed by atoms with Gasteiger partial charge in [0, 0.05) is 23.7 Å². The number of amides is 3. The predicted molar refractivity (Wildman–Crippen MR) is 168 cm³/mol. The Labute approximate surface area is 258 Å². The zero-order valence-corrected chi connectivity index (χ0v) is 26.6. The molecular formula is C32H45N5O7. The number of aromatic nitrogens is 1. The fraction of sp³-hybridized carbons (Fsp3) is 0.500. The molecule has 12 heteroatoms. The third-order valence-electron chi connectivity index (χ3n) is 6.97. The van der Waals surface area contributed by atoms with Crippen LogP contribution in [0.3, 0.4) is 0 Å². The molecule has 3 amide bonds. The van der Waals surface area contributed by atoms with Gasteiger partial charge in [0.15, 0.2) is 22.9 Å². The Morgan fingerprint density at radius 2 is 1.61 bits per heavy atom. The van der Waals surface area contributed by atoms with Crippen LogP contribution in [0.2, 0.25) is 0 Å². The van der Waals surface area contributed by atoms with Crippen LogP contribution < -0.4 is 30.6 Å². The van der Waals surface area contributed by atoms with Crippen LogP contribution in [-0.4, -0.2) is 72.8 Å². The standard InChI is InChI=1S/C32H45N5O7/c1-19(2)29(33)31(39)34-18-28(38)35-30-24-12-11-23(17-26(24)44-36-30)42-14-8-9-15-43-25-13-10-22(16-27(25)41-7)32(40)37(20(3)4)21(5)6/h10-13,16-17,19-21,29H,8-9,14-15,18,33H2,1-7H3,(H,34,39)(H,35,36,38). The summed E-state index contributed by atoms with van der Waals surface area (Å²) in [6.07, 6.45) is 1.47. The molecule has 1 atom stereocenters. The molecule has 3 rings (SSSR count). The molecule has 1 heterocycles. The maximum absolute atomic E-state index is 13.0. The van der Waals surface area contributed by atoms with Gasteiger partial charge in [-0.3, -0.25) is 14.4 Å². The van der Waals surface area contributed by atoms with E-state index in [4.69, 9.17) is 24.5 Å². The largest absolute Gasteiger partial charge is 0.493 e. The van der Waals surface area contributed by atoms with Crippen molar-refractivity contribution in [3.8, 4) is 17.2 Å². The van der Waals surface area contributed by atoms with Crippen LogP contribution in [0.15, 0.2) is 40.9 Å². The normalized spacial score (nSPS) is 12.0. The zero-order valence-electron chi connectivity index (χ0n) is 26.6. The number of benzene rings is 2. The number of unbranched alkanes of at least 4 members (excludes halogenated alkanes) is 1. The van der Waals surface area contributed by atoms with E-state index in [1.165, 1.54) is 0 Å².